The fraction of sp³-hybridized carbons (Fsp3) is 0.113. The van der Waals surface area contributed by atoms with Crippen molar-refractivity contribution in [2.45, 2.75) is 41.5 Å². The van der Waals surface area contributed by atoms with Crippen molar-refractivity contribution < 1.29 is 4.74 Å². The third-order valence-corrected chi connectivity index (χ3v) is 12.3. The summed E-state index contributed by atoms with van der Waals surface area (Å²) in [6.07, 6.45) is 5.89. The van der Waals surface area contributed by atoms with Gasteiger partial charge >= 0.3 is 0 Å². The Morgan fingerprint density at radius 1 is 0.407 bits per heavy atom. The van der Waals surface area contributed by atoms with Crippen LogP contribution in [-0.4, -0.2) is 23.8 Å². The maximum atomic E-state index is 6.78. The number of aromatic nitrogens is 5. The van der Waals surface area contributed by atoms with Crippen molar-refractivity contribution >= 4 is 54.8 Å². The zero-order chi connectivity index (χ0) is 40.1. The minimum absolute atomic E-state index is 0.722. The van der Waals surface area contributed by atoms with Gasteiger partial charge in [0.25, 0.3) is 0 Å². The average molecular weight is 764 g/mol. The predicted octanol–water partition coefficient (Wildman–Crippen LogP) is 13.6. The van der Waals surface area contributed by atoms with E-state index >= 15 is 0 Å². The zero-order valence-corrected chi connectivity index (χ0v) is 33.9. The molecule has 0 fully saturated rings. The first kappa shape index (κ1) is 34.9. The summed E-state index contributed by atoms with van der Waals surface area (Å²) in [6.45, 7) is 13.1. The van der Waals surface area contributed by atoms with E-state index in [0.29, 0.717) is 0 Å². The van der Waals surface area contributed by atoms with Crippen LogP contribution >= 0.6 is 0 Å². The monoisotopic (exact) mass is 763 g/mol. The molecular weight excluding hydrogens is 723 g/mol. The van der Waals surface area contributed by atoms with Crippen molar-refractivity contribution in [3.8, 4) is 45.1 Å². The van der Waals surface area contributed by atoms with Crippen LogP contribution in [0.25, 0.3) is 88.4 Å². The van der Waals surface area contributed by atoms with Gasteiger partial charge in [-0.05, 0) is 146 Å². The van der Waals surface area contributed by atoms with Crippen LogP contribution in [0.2, 0.25) is 0 Å². The summed E-state index contributed by atoms with van der Waals surface area (Å²) in [5.74, 6) is 1.46. The van der Waals surface area contributed by atoms with Crippen molar-refractivity contribution in [1.29, 1.82) is 0 Å². The molecule has 0 bridgehead atoms. The molecular formula is C53H41N5O. The van der Waals surface area contributed by atoms with E-state index in [0.717, 1.165) is 77.7 Å². The molecule has 6 aromatic carbocycles. The van der Waals surface area contributed by atoms with Gasteiger partial charge in [0.05, 0.1) is 40.3 Å². The smallest absolute Gasteiger partial charge is 0.145 e. The molecule has 0 atom stereocenters. The van der Waals surface area contributed by atoms with Gasteiger partial charge in [0.1, 0.15) is 22.8 Å². The fourth-order valence-electron chi connectivity index (χ4n) is 9.64. The molecule has 5 aromatic heterocycles. The molecule has 5 heterocycles. The van der Waals surface area contributed by atoms with Crippen LogP contribution in [0, 0.1) is 41.5 Å². The van der Waals surface area contributed by atoms with Crippen molar-refractivity contribution in [3.63, 3.8) is 0 Å². The second-order valence-corrected chi connectivity index (χ2v) is 16.0. The Balaban J connectivity index is 1.10. The minimum Gasteiger partial charge on any atom is -0.457 e. The Kier molecular flexibility index (Phi) is 7.76. The molecule has 0 amide bonds. The van der Waals surface area contributed by atoms with E-state index in [2.05, 4.69) is 160 Å². The molecule has 0 unspecified atom stereocenters. The van der Waals surface area contributed by atoms with Crippen molar-refractivity contribution in [2.24, 2.45) is 0 Å². The number of hydrogen-bond acceptors (Lipinski definition) is 4. The number of aryl methyl sites for hydroxylation is 6. The first-order chi connectivity index (χ1) is 28.7. The molecule has 0 spiro atoms. The third kappa shape index (κ3) is 5.29. The summed E-state index contributed by atoms with van der Waals surface area (Å²) in [6, 6.07) is 43.1. The molecule has 59 heavy (non-hydrogen) atoms. The number of benzene rings is 6. The van der Waals surface area contributed by atoms with E-state index in [1.54, 1.807) is 0 Å². The summed E-state index contributed by atoms with van der Waals surface area (Å²) in [4.78, 5) is 15.1. The number of imidazole rings is 2. The molecule has 0 saturated carbocycles. The van der Waals surface area contributed by atoms with Crippen LogP contribution < -0.4 is 4.74 Å². The van der Waals surface area contributed by atoms with Gasteiger partial charge in [-0.15, -0.1) is 0 Å². The lowest BCUT2D eigenvalue weighted by atomic mass is 9.94. The quantitative estimate of drug-likeness (QED) is 0.164. The van der Waals surface area contributed by atoms with Crippen LogP contribution in [0.15, 0.2) is 140 Å². The first-order valence-electron chi connectivity index (χ1n) is 20.2. The second-order valence-electron chi connectivity index (χ2n) is 16.0. The lowest BCUT2D eigenvalue weighted by Crippen LogP contribution is -1.98. The van der Waals surface area contributed by atoms with Gasteiger partial charge < -0.3 is 4.74 Å². The minimum atomic E-state index is 0.722. The summed E-state index contributed by atoms with van der Waals surface area (Å²) >= 11 is 0. The van der Waals surface area contributed by atoms with Crippen LogP contribution in [0.5, 0.6) is 11.5 Å². The number of nitrogens with zero attached hydrogens (tertiary/aromatic N) is 5. The Morgan fingerprint density at radius 3 is 1.47 bits per heavy atom. The summed E-state index contributed by atoms with van der Waals surface area (Å²) in [5.41, 5.74) is 19.2. The van der Waals surface area contributed by atoms with Crippen molar-refractivity contribution in [1.82, 2.24) is 23.8 Å². The second kappa shape index (κ2) is 13.1. The van der Waals surface area contributed by atoms with Crippen LogP contribution in [0.3, 0.4) is 0 Å². The van der Waals surface area contributed by atoms with Gasteiger partial charge in [-0.1, -0.05) is 66.7 Å². The molecule has 0 aliphatic heterocycles. The predicted molar refractivity (Wildman–Crippen MR) is 243 cm³/mol. The molecule has 284 valence electrons. The highest BCUT2D eigenvalue weighted by Gasteiger charge is 2.21. The van der Waals surface area contributed by atoms with Crippen LogP contribution in [0.4, 0.5) is 0 Å². The Morgan fingerprint density at radius 2 is 0.898 bits per heavy atom. The maximum absolute atomic E-state index is 6.78. The van der Waals surface area contributed by atoms with E-state index in [4.69, 9.17) is 19.7 Å². The number of hydrogen-bond donors (Lipinski definition) is 0. The SMILES string of the molecule is Cc1cccc(C)c1-c1ccc2c3ccc(Oc4ccc5c(c4)c4ncc(-c6c(C)cccc6C)n4c4cccnc54)cc3c3ncc(-c4c(C)cccc4C)n3c2c1. The average Bonchev–Trinajstić information content (AvgIpc) is 3.87. The van der Waals surface area contributed by atoms with Gasteiger partial charge in [0, 0.05) is 38.9 Å². The van der Waals surface area contributed by atoms with Gasteiger partial charge in [-0.25, -0.2) is 9.97 Å². The van der Waals surface area contributed by atoms with Crippen molar-refractivity contribution in [3.05, 3.63) is 173 Å². The molecule has 11 rings (SSSR count). The highest BCUT2D eigenvalue weighted by atomic mass is 16.5. The van der Waals surface area contributed by atoms with E-state index in [-0.39, 0.29) is 0 Å². The van der Waals surface area contributed by atoms with Gasteiger partial charge in [0.2, 0.25) is 0 Å². The van der Waals surface area contributed by atoms with E-state index in [1.165, 1.54) is 55.6 Å². The Hall–Kier alpha value is -7.31. The normalized spacial score (nSPS) is 11.9. The highest BCUT2D eigenvalue weighted by Crippen LogP contribution is 2.41. The molecule has 0 aliphatic rings. The number of ether oxygens (including phenoxy) is 1. The molecule has 0 N–H and O–H groups in total. The number of pyridine rings is 3. The maximum Gasteiger partial charge on any atom is 0.145 e. The highest BCUT2D eigenvalue weighted by molar-refractivity contribution is 6.14. The van der Waals surface area contributed by atoms with Crippen molar-refractivity contribution in [2.75, 3.05) is 0 Å². The largest absolute Gasteiger partial charge is 0.457 e. The number of fused-ring (bicyclic) bond motifs is 12. The summed E-state index contributed by atoms with van der Waals surface area (Å²) < 4.78 is 11.4. The molecule has 0 aliphatic carbocycles. The van der Waals surface area contributed by atoms with E-state index in [9.17, 15) is 0 Å². The van der Waals surface area contributed by atoms with Crippen LogP contribution in [-0.2, 0) is 0 Å². The Labute approximate surface area is 342 Å². The van der Waals surface area contributed by atoms with Gasteiger partial charge in [-0.3, -0.25) is 13.8 Å². The fourth-order valence-corrected chi connectivity index (χ4v) is 9.64. The third-order valence-electron chi connectivity index (χ3n) is 12.3. The molecule has 6 nitrogen and oxygen atoms in total. The zero-order valence-electron chi connectivity index (χ0n) is 33.9. The standard InChI is InChI=1S/C53H41N5O/c1-30-11-7-12-31(2)48(30)36-18-21-40-39-22-19-37(26-42(39)52-55-29-47(58(52)45(40)25-36)50-34(5)15-9-16-35(50)6)59-38-20-23-41-43(27-38)53-56-28-46(49-32(3)13-8-14-33(49)4)57(53)44-17-10-24-54-51(41)44/h7-29H,1-6H3. The van der Waals surface area contributed by atoms with E-state index in [1.807, 2.05) is 30.7 Å². The lowest BCUT2D eigenvalue weighted by molar-refractivity contribution is 0.484. The molecule has 6 heteroatoms. The van der Waals surface area contributed by atoms with Gasteiger partial charge in [-0.2, -0.15) is 0 Å². The molecule has 11 aromatic rings. The topological polar surface area (TPSA) is 56.7 Å². The molecule has 0 radical (unpaired) electrons. The molecule has 0 saturated heterocycles. The van der Waals surface area contributed by atoms with E-state index < -0.39 is 0 Å². The Bertz CT molecular complexity index is 3490. The summed E-state index contributed by atoms with van der Waals surface area (Å²) in [7, 11) is 0. The first-order valence-corrected chi connectivity index (χ1v) is 20.2. The number of rotatable bonds is 5. The van der Waals surface area contributed by atoms with Gasteiger partial charge in [0.15, 0.2) is 0 Å². The van der Waals surface area contributed by atoms with Crippen LogP contribution in [0.1, 0.15) is 33.4 Å². The lowest BCUT2D eigenvalue weighted by Gasteiger charge is -2.17. The summed E-state index contributed by atoms with van der Waals surface area (Å²) in [5, 5.41) is 5.32.